The Bertz CT molecular complexity index is 78.9. The van der Waals surface area contributed by atoms with Crippen molar-refractivity contribution in [3.8, 4) is 0 Å². The Balaban J connectivity index is 3.41. The van der Waals surface area contributed by atoms with Crippen LogP contribution in [0.2, 0.25) is 0 Å². The SMILES string of the molecule is CCC(CCCO)CC(C)C. The van der Waals surface area contributed by atoms with Gasteiger partial charge in [-0.25, -0.2) is 0 Å². The molecule has 0 spiro atoms. The van der Waals surface area contributed by atoms with E-state index in [0.29, 0.717) is 6.61 Å². The number of hydrogen-bond acceptors (Lipinski definition) is 1. The molecule has 1 nitrogen and oxygen atoms in total. The van der Waals surface area contributed by atoms with Crippen molar-refractivity contribution >= 4 is 0 Å². The predicted octanol–water partition coefficient (Wildman–Crippen LogP) is 2.83. The van der Waals surface area contributed by atoms with E-state index in [1.807, 2.05) is 0 Å². The molecule has 0 amide bonds. The summed E-state index contributed by atoms with van der Waals surface area (Å²) in [6.45, 7) is 7.13. The van der Waals surface area contributed by atoms with E-state index in [9.17, 15) is 0 Å². The van der Waals surface area contributed by atoms with Crippen LogP contribution in [0.3, 0.4) is 0 Å². The molecule has 0 saturated heterocycles. The van der Waals surface area contributed by atoms with Gasteiger partial charge < -0.3 is 5.11 Å². The highest BCUT2D eigenvalue weighted by molar-refractivity contribution is 4.59. The maximum absolute atomic E-state index is 8.64. The summed E-state index contributed by atoms with van der Waals surface area (Å²) < 4.78 is 0. The van der Waals surface area contributed by atoms with Gasteiger partial charge in [-0.1, -0.05) is 27.2 Å². The molecule has 0 radical (unpaired) electrons. The van der Waals surface area contributed by atoms with Gasteiger partial charge in [-0.2, -0.15) is 0 Å². The van der Waals surface area contributed by atoms with Crippen molar-refractivity contribution in [1.82, 2.24) is 0 Å². The molecule has 0 aliphatic rings. The van der Waals surface area contributed by atoms with Crippen molar-refractivity contribution in [2.75, 3.05) is 6.61 Å². The summed E-state index contributed by atoms with van der Waals surface area (Å²) >= 11 is 0. The molecule has 0 saturated carbocycles. The standard InChI is InChI=1S/C10H22O/c1-4-10(6-5-7-11)8-9(2)3/h9-11H,4-8H2,1-3H3. The molecule has 68 valence electrons. The normalized spacial score (nSPS) is 13.9. The Hall–Kier alpha value is -0.0400. The number of aliphatic hydroxyl groups excluding tert-OH is 1. The molecule has 1 atom stereocenters. The van der Waals surface area contributed by atoms with Gasteiger partial charge in [-0.15, -0.1) is 0 Å². The van der Waals surface area contributed by atoms with Crippen molar-refractivity contribution < 1.29 is 5.11 Å². The molecular weight excluding hydrogens is 136 g/mol. The first-order chi connectivity index (χ1) is 5.20. The van der Waals surface area contributed by atoms with Gasteiger partial charge >= 0.3 is 0 Å². The summed E-state index contributed by atoms with van der Waals surface area (Å²) in [5, 5.41) is 8.64. The van der Waals surface area contributed by atoms with Gasteiger partial charge in [0.25, 0.3) is 0 Å². The van der Waals surface area contributed by atoms with E-state index < -0.39 is 0 Å². The molecule has 1 heteroatoms. The Kier molecular flexibility index (Phi) is 6.63. The molecule has 1 N–H and O–H groups in total. The van der Waals surface area contributed by atoms with Gasteiger partial charge in [0.2, 0.25) is 0 Å². The molecule has 0 aliphatic heterocycles. The van der Waals surface area contributed by atoms with Crippen LogP contribution in [-0.4, -0.2) is 11.7 Å². The molecule has 0 rings (SSSR count). The minimum Gasteiger partial charge on any atom is -0.396 e. The van der Waals surface area contributed by atoms with Crippen LogP contribution in [0.5, 0.6) is 0 Å². The highest BCUT2D eigenvalue weighted by atomic mass is 16.2. The van der Waals surface area contributed by atoms with Crippen LogP contribution < -0.4 is 0 Å². The van der Waals surface area contributed by atoms with E-state index >= 15 is 0 Å². The second-order valence-electron chi connectivity index (χ2n) is 3.77. The van der Waals surface area contributed by atoms with E-state index in [1.165, 1.54) is 19.3 Å². The Morgan fingerprint density at radius 2 is 1.91 bits per heavy atom. The van der Waals surface area contributed by atoms with Crippen LogP contribution in [-0.2, 0) is 0 Å². The summed E-state index contributed by atoms with van der Waals surface area (Å²) in [7, 11) is 0. The summed E-state index contributed by atoms with van der Waals surface area (Å²) in [6.07, 6.45) is 4.76. The zero-order valence-corrected chi connectivity index (χ0v) is 8.14. The molecule has 11 heavy (non-hydrogen) atoms. The number of hydrogen-bond donors (Lipinski definition) is 1. The van der Waals surface area contributed by atoms with E-state index in [0.717, 1.165) is 18.3 Å². The fourth-order valence-corrected chi connectivity index (χ4v) is 1.54. The minimum atomic E-state index is 0.356. The summed E-state index contributed by atoms with van der Waals surface area (Å²) in [5.41, 5.74) is 0. The van der Waals surface area contributed by atoms with Crippen LogP contribution in [0.4, 0.5) is 0 Å². The fourth-order valence-electron chi connectivity index (χ4n) is 1.54. The summed E-state index contributed by atoms with van der Waals surface area (Å²) in [5.74, 6) is 1.64. The summed E-state index contributed by atoms with van der Waals surface area (Å²) in [4.78, 5) is 0. The van der Waals surface area contributed by atoms with E-state index in [2.05, 4.69) is 20.8 Å². The highest BCUT2D eigenvalue weighted by Gasteiger charge is 2.07. The number of rotatable bonds is 6. The molecular formula is C10H22O. The van der Waals surface area contributed by atoms with Gasteiger partial charge in [-0.05, 0) is 31.1 Å². The molecule has 0 aliphatic carbocycles. The van der Waals surface area contributed by atoms with Crippen LogP contribution in [0, 0.1) is 11.8 Å². The van der Waals surface area contributed by atoms with Crippen LogP contribution in [0.15, 0.2) is 0 Å². The lowest BCUT2D eigenvalue weighted by molar-refractivity contribution is 0.260. The fraction of sp³-hybridized carbons (Fsp3) is 1.00. The highest BCUT2D eigenvalue weighted by Crippen LogP contribution is 2.19. The second-order valence-corrected chi connectivity index (χ2v) is 3.77. The zero-order valence-electron chi connectivity index (χ0n) is 8.14. The second kappa shape index (κ2) is 6.66. The molecule has 0 heterocycles. The van der Waals surface area contributed by atoms with E-state index in [4.69, 9.17) is 5.11 Å². The van der Waals surface area contributed by atoms with Gasteiger partial charge in [0.05, 0.1) is 0 Å². The van der Waals surface area contributed by atoms with Crippen LogP contribution >= 0.6 is 0 Å². The lowest BCUT2D eigenvalue weighted by Gasteiger charge is -2.15. The third-order valence-corrected chi connectivity index (χ3v) is 2.15. The van der Waals surface area contributed by atoms with Gasteiger partial charge in [0.15, 0.2) is 0 Å². The predicted molar refractivity (Wildman–Crippen MR) is 49.6 cm³/mol. The molecule has 0 bridgehead atoms. The van der Waals surface area contributed by atoms with E-state index in [1.54, 1.807) is 0 Å². The molecule has 0 aromatic rings. The monoisotopic (exact) mass is 158 g/mol. The lowest BCUT2D eigenvalue weighted by atomic mass is 9.91. The Labute approximate surface area is 70.8 Å². The van der Waals surface area contributed by atoms with Crippen molar-refractivity contribution in [2.45, 2.75) is 46.5 Å². The van der Waals surface area contributed by atoms with Gasteiger partial charge in [0.1, 0.15) is 0 Å². The van der Waals surface area contributed by atoms with Crippen LogP contribution in [0.25, 0.3) is 0 Å². The maximum Gasteiger partial charge on any atom is 0.0431 e. The average Bonchev–Trinajstić information content (AvgIpc) is 1.97. The van der Waals surface area contributed by atoms with Crippen LogP contribution in [0.1, 0.15) is 46.5 Å². The third kappa shape index (κ3) is 6.36. The first kappa shape index (κ1) is 11.0. The molecule has 0 aromatic carbocycles. The van der Waals surface area contributed by atoms with Crippen molar-refractivity contribution in [1.29, 1.82) is 0 Å². The van der Waals surface area contributed by atoms with Crippen molar-refractivity contribution in [2.24, 2.45) is 11.8 Å². The Morgan fingerprint density at radius 3 is 2.27 bits per heavy atom. The topological polar surface area (TPSA) is 20.2 Å². The molecule has 0 aromatic heterocycles. The minimum absolute atomic E-state index is 0.356. The Morgan fingerprint density at radius 1 is 1.27 bits per heavy atom. The first-order valence-electron chi connectivity index (χ1n) is 4.81. The zero-order chi connectivity index (χ0) is 8.69. The van der Waals surface area contributed by atoms with Gasteiger partial charge in [-0.3, -0.25) is 0 Å². The average molecular weight is 158 g/mol. The molecule has 1 unspecified atom stereocenters. The molecule has 0 fully saturated rings. The lowest BCUT2D eigenvalue weighted by Crippen LogP contribution is -2.04. The van der Waals surface area contributed by atoms with Crippen molar-refractivity contribution in [3.05, 3.63) is 0 Å². The summed E-state index contributed by atoms with van der Waals surface area (Å²) in [6, 6.07) is 0. The van der Waals surface area contributed by atoms with E-state index in [-0.39, 0.29) is 0 Å². The largest absolute Gasteiger partial charge is 0.396 e. The maximum atomic E-state index is 8.64. The van der Waals surface area contributed by atoms with Crippen molar-refractivity contribution in [3.63, 3.8) is 0 Å². The quantitative estimate of drug-likeness (QED) is 0.630. The number of aliphatic hydroxyl groups is 1. The smallest absolute Gasteiger partial charge is 0.0431 e. The third-order valence-electron chi connectivity index (χ3n) is 2.15. The first-order valence-corrected chi connectivity index (χ1v) is 4.81. The van der Waals surface area contributed by atoms with Gasteiger partial charge in [0, 0.05) is 6.61 Å².